The molecule has 0 aliphatic heterocycles. The van der Waals surface area contributed by atoms with E-state index in [0.29, 0.717) is 4.47 Å². The highest BCUT2D eigenvalue weighted by atomic mass is 79.9. The Morgan fingerprint density at radius 2 is 1.41 bits per heavy atom. The molecule has 0 N–H and O–H groups in total. The van der Waals surface area contributed by atoms with E-state index in [9.17, 15) is 8.42 Å². The summed E-state index contributed by atoms with van der Waals surface area (Å²) in [4.78, 5) is 0.565. The minimum absolute atomic E-state index is 0.280. The van der Waals surface area contributed by atoms with Gasteiger partial charge in [0, 0.05) is 8.95 Å². The summed E-state index contributed by atoms with van der Waals surface area (Å²) in [5, 5.41) is 0. The molecule has 5 heteroatoms. The Bertz CT molecular complexity index is 634. The fraction of sp³-hybridized carbons (Fsp3) is 0. The van der Waals surface area contributed by atoms with Crippen molar-refractivity contribution in [3.05, 3.63) is 57.5 Å². The highest BCUT2D eigenvalue weighted by molar-refractivity contribution is 9.10. The maximum atomic E-state index is 12.3. The second-order valence-electron chi connectivity index (χ2n) is 3.39. The molecule has 0 spiro atoms. The zero-order chi connectivity index (χ0) is 12.5. The first-order chi connectivity index (χ1) is 8.01. The number of halogens is 2. The van der Waals surface area contributed by atoms with Gasteiger partial charge in [0.1, 0.15) is 0 Å². The number of hydrogen-bond acceptors (Lipinski definition) is 2. The third kappa shape index (κ3) is 2.61. The van der Waals surface area contributed by atoms with Gasteiger partial charge in [0.05, 0.1) is 9.79 Å². The van der Waals surface area contributed by atoms with E-state index in [4.69, 9.17) is 0 Å². The summed E-state index contributed by atoms with van der Waals surface area (Å²) in [5.74, 6) is 0. The first kappa shape index (κ1) is 12.8. The fourth-order valence-electron chi connectivity index (χ4n) is 1.40. The van der Waals surface area contributed by atoms with Gasteiger partial charge in [-0.1, -0.05) is 28.1 Å². The molecule has 0 aliphatic carbocycles. The molecule has 17 heavy (non-hydrogen) atoms. The molecular weight excluding hydrogens is 368 g/mol. The SMILES string of the molecule is O=S(=O)(c1ccc(Br)cc1)c1ccccc1Br. The summed E-state index contributed by atoms with van der Waals surface area (Å²) in [6, 6.07) is 13.4. The third-order valence-electron chi connectivity index (χ3n) is 2.25. The van der Waals surface area contributed by atoms with Crippen LogP contribution in [0.2, 0.25) is 0 Å². The number of benzene rings is 2. The predicted octanol–water partition coefficient (Wildman–Crippen LogP) is 4.04. The highest BCUT2D eigenvalue weighted by Gasteiger charge is 2.19. The van der Waals surface area contributed by atoms with Gasteiger partial charge in [-0.15, -0.1) is 0 Å². The van der Waals surface area contributed by atoms with Crippen LogP contribution in [0.5, 0.6) is 0 Å². The van der Waals surface area contributed by atoms with Gasteiger partial charge in [-0.05, 0) is 52.3 Å². The highest BCUT2D eigenvalue weighted by Crippen LogP contribution is 2.28. The van der Waals surface area contributed by atoms with E-state index in [2.05, 4.69) is 31.9 Å². The van der Waals surface area contributed by atoms with Gasteiger partial charge in [-0.3, -0.25) is 0 Å². The monoisotopic (exact) mass is 374 g/mol. The molecule has 2 nitrogen and oxygen atoms in total. The molecule has 0 unspecified atom stereocenters. The Balaban J connectivity index is 2.58. The van der Waals surface area contributed by atoms with Crippen molar-refractivity contribution in [1.29, 1.82) is 0 Å². The van der Waals surface area contributed by atoms with Crippen LogP contribution >= 0.6 is 31.9 Å². The minimum atomic E-state index is -3.45. The normalized spacial score (nSPS) is 11.4. The van der Waals surface area contributed by atoms with E-state index < -0.39 is 9.84 Å². The van der Waals surface area contributed by atoms with Crippen molar-refractivity contribution in [3.8, 4) is 0 Å². The molecule has 2 aromatic carbocycles. The average molecular weight is 376 g/mol. The van der Waals surface area contributed by atoms with E-state index >= 15 is 0 Å². The average Bonchev–Trinajstić information content (AvgIpc) is 2.30. The molecule has 2 rings (SSSR count). The largest absolute Gasteiger partial charge is 0.218 e. The first-order valence-electron chi connectivity index (χ1n) is 4.77. The summed E-state index contributed by atoms with van der Waals surface area (Å²) in [6.07, 6.45) is 0. The zero-order valence-corrected chi connectivity index (χ0v) is 12.6. The molecule has 0 amide bonds. The Kier molecular flexibility index (Phi) is 3.70. The predicted molar refractivity (Wildman–Crippen MR) is 73.7 cm³/mol. The first-order valence-corrected chi connectivity index (χ1v) is 7.84. The lowest BCUT2D eigenvalue weighted by molar-refractivity contribution is 0.595. The van der Waals surface area contributed by atoms with Crippen molar-refractivity contribution in [3.63, 3.8) is 0 Å². The lowest BCUT2D eigenvalue weighted by Crippen LogP contribution is -2.02. The second-order valence-corrected chi connectivity index (χ2v) is 7.08. The summed E-state index contributed by atoms with van der Waals surface area (Å²) in [7, 11) is -3.45. The van der Waals surface area contributed by atoms with Crippen LogP contribution in [0.3, 0.4) is 0 Å². The number of rotatable bonds is 2. The van der Waals surface area contributed by atoms with Crippen LogP contribution in [-0.4, -0.2) is 8.42 Å². The summed E-state index contributed by atoms with van der Waals surface area (Å²) in [5.41, 5.74) is 0. The van der Waals surface area contributed by atoms with E-state index in [1.165, 1.54) is 0 Å². The fourth-order valence-corrected chi connectivity index (χ4v) is 3.92. The van der Waals surface area contributed by atoms with Gasteiger partial charge in [-0.2, -0.15) is 0 Å². The van der Waals surface area contributed by atoms with Gasteiger partial charge < -0.3 is 0 Å². The standard InChI is InChI=1S/C12H8Br2O2S/c13-9-5-7-10(8-6-9)17(15,16)12-4-2-1-3-11(12)14/h1-8H. The maximum absolute atomic E-state index is 12.3. The Labute approximate surface area is 117 Å². The minimum Gasteiger partial charge on any atom is -0.218 e. The maximum Gasteiger partial charge on any atom is 0.207 e. The van der Waals surface area contributed by atoms with Crippen LogP contribution in [0.1, 0.15) is 0 Å². The van der Waals surface area contributed by atoms with Crippen LogP contribution in [-0.2, 0) is 9.84 Å². The van der Waals surface area contributed by atoms with Crippen molar-refractivity contribution in [2.24, 2.45) is 0 Å². The van der Waals surface area contributed by atoms with Gasteiger partial charge in [0.15, 0.2) is 0 Å². The molecule has 88 valence electrons. The van der Waals surface area contributed by atoms with Crippen molar-refractivity contribution in [2.45, 2.75) is 9.79 Å². The third-order valence-corrected chi connectivity index (χ3v) is 5.56. The molecule has 0 radical (unpaired) electrons. The molecule has 0 saturated carbocycles. The smallest absolute Gasteiger partial charge is 0.207 e. The van der Waals surface area contributed by atoms with Crippen LogP contribution in [0.25, 0.3) is 0 Å². The van der Waals surface area contributed by atoms with Crippen LogP contribution in [0.4, 0.5) is 0 Å². The second kappa shape index (κ2) is 4.92. The van der Waals surface area contributed by atoms with E-state index in [-0.39, 0.29) is 9.79 Å². The van der Waals surface area contributed by atoms with Gasteiger partial charge in [-0.25, -0.2) is 8.42 Å². The molecule has 0 bridgehead atoms. The zero-order valence-electron chi connectivity index (χ0n) is 8.60. The van der Waals surface area contributed by atoms with E-state index in [1.54, 1.807) is 48.5 Å². The van der Waals surface area contributed by atoms with Gasteiger partial charge >= 0.3 is 0 Å². The Hall–Kier alpha value is -0.650. The molecule has 0 fully saturated rings. The van der Waals surface area contributed by atoms with E-state index in [0.717, 1.165) is 4.47 Å². The number of hydrogen-bond donors (Lipinski definition) is 0. The van der Waals surface area contributed by atoms with Gasteiger partial charge in [0.2, 0.25) is 9.84 Å². The molecule has 0 heterocycles. The molecule has 0 atom stereocenters. The van der Waals surface area contributed by atoms with Crippen LogP contribution < -0.4 is 0 Å². The molecule has 2 aromatic rings. The molecule has 0 aliphatic rings. The van der Waals surface area contributed by atoms with Gasteiger partial charge in [0.25, 0.3) is 0 Å². The Morgan fingerprint density at radius 3 is 2.00 bits per heavy atom. The topological polar surface area (TPSA) is 34.1 Å². The summed E-state index contributed by atoms with van der Waals surface area (Å²) in [6.45, 7) is 0. The molecule has 0 aromatic heterocycles. The quantitative estimate of drug-likeness (QED) is 0.793. The number of sulfone groups is 1. The van der Waals surface area contributed by atoms with E-state index in [1.807, 2.05) is 0 Å². The van der Waals surface area contributed by atoms with Crippen molar-refractivity contribution in [2.75, 3.05) is 0 Å². The van der Waals surface area contributed by atoms with Crippen molar-refractivity contribution >= 4 is 41.7 Å². The lowest BCUT2D eigenvalue weighted by atomic mass is 10.4. The molecular formula is C12H8Br2O2S. The van der Waals surface area contributed by atoms with Crippen LogP contribution in [0, 0.1) is 0 Å². The molecule has 0 saturated heterocycles. The summed E-state index contributed by atoms with van der Waals surface area (Å²) >= 11 is 6.53. The Morgan fingerprint density at radius 1 is 0.824 bits per heavy atom. The van der Waals surface area contributed by atoms with Crippen molar-refractivity contribution in [1.82, 2.24) is 0 Å². The van der Waals surface area contributed by atoms with Crippen LogP contribution in [0.15, 0.2) is 67.3 Å². The lowest BCUT2D eigenvalue weighted by Gasteiger charge is -2.06. The van der Waals surface area contributed by atoms with Crippen molar-refractivity contribution < 1.29 is 8.42 Å². The summed E-state index contributed by atoms with van der Waals surface area (Å²) < 4.78 is 26.1.